The van der Waals surface area contributed by atoms with Gasteiger partial charge in [0.1, 0.15) is 10.7 Å². The van der Waals surface area contributed by atoms with Crippen LogP contribution < -0.4 is 34.7 Å². The van der Waals surface area contributed by atoms with Crippen LogP contribution in [-0.2, 0) is 14.9 Å². The number of hydrogen-bond acceptors (Lipinski definition) is 5. The summed E-state index contributed by atoms with van der Waals surface area (Å²) in [4.78, 5) is 13.9. The summed E-state index contributed by atoms with van der Waals surface area (Å²) in [7, 11) is -4.47. The zero-order chi connectivity index (χ0) is 13.9. The molecule has 0 spiro atoms. The van der Waals surface area contributed by atoms with Crippen LogP contribution in [0.5, 0.6) is 0 Å². The molecule has 6 nitrogen and oxygen atoms in total. The van der Waals surface area contributed by atoms with E-state index in [9.17, 15) is 18.3 Å². The molecule has 0 atom stereocenters. The van der Waals surface area contributed by atoms with E-state index in [-0.39, 0.29) is 46.6 Å². The molecule has 0 amide bonds. The van der Waals surface area contributed by atoms with Crippen molar-refractivity contribution in [3.63, 3.8) is 0 Å². The third-order valence-electron chi connectivity index (χ3n) is 2.09. The van der Waals surface area contributed by atoms with Crippen LogP contribution in [0.15, 0.2) is 28.1 Å². The second kappa shape index (κ2) is 7.16. The molecule has 0 unspecified atom stereocenters. The number of ketones is 1. The molecule has 0 saturated heterocycles. The number of carbonyl (C=O) groups excluding carboxylic acids is 1. The van der Waals surface area contributed by atoms with E-state index in [1.54, 1.807) is 0 Å². The van der Waals surface area contributed by atoms with E-state index >= 15 is 0 Å². The van der Waals surface area contributed by atoms with E-state index in [4.69, 9.17) is 4.55 Å². The Bertz CT molecular complexity index is 610. The molecule has 0 aliphatic carbocycles. The molecule has 1 N–H and O–H groups in total. The fraction of sp³-hybridized carbons (Fsp3) is 0.273. The van der Waals surface area contributed by atoms with E-state index in [1.165, 1.54) is 32.0 Å². The summed E-state index contributed by atoms with van der Waals surface area (Å²) in [5, 5.41) is 11.3. The number of benzene rings is 1. The maximum absolute atomic E-state index is 11.3. The van der Waals surface area contributed by atoms with Crippen molar-refractivity contribution in [1.82, 2.24) is 0 Å². The minimum Gasteiger partial charge on any atom is -0.861 e. The number of hydrogen-bond donors (Lipinski definition) is 1. The van der Waals surface area contributed by atoms with Gasteiger partial charge < -0.3 is 5.11 Å². The molecule has 19 heavy (non-hydrogen) atoms. The Labute approximate surface area is 133 Å². The van der Waals surface area contributed by atoms with Crippen LogP contribution in [0.1, 0.15) is 18.9 Å². The zero-order valence-corrected chi connectivity index (χ0v) is 13.7. The summed E-state index contributed by atoms with van der Waals surface area (Å²) in [6.07, 6.45) is -0.404. The predicted octanol–water partition coefficient (Wildman–Crippen LogP) is -2.38. The van der Waals surface area contributed by atoms with Gasteiger partial charge in [0.2, 0.25) is 0 Å². The minimum atomic E-state index is -4.47. The number of aliphatic imine (C=N–C) groups is 1. The van der Waals surface area contributed by atoms with Gasteiger partial charge in [0.05, 0.1) is 5.69 Å². The number of aryl methyl sites for hydroxylation is 1. The predicted molar refractivity (Wildman–Crippen MR) is 63.4 cm³/mol. The summed E-state index contributed by atoms with van der Waals surface area (Å²) in [5.74, 6) is -1.12. The van der Waals surface area contributed by atoms with Crippen LogP contribution in [0.2, 0.25) is 0 Å². The third kappa shape index (κ3) is 5.42. The largest absolute Gasteiger partial charge is 1.00 e. The molecule has 1 aromatic carbocycles. The SMILES string of the molecule is CC(=O)CC([O-])=Nc1cccc(C)c1S(=O)(=O)O.[Na+]. The Morgan fingerprint density at radius 3 is 2.47 bits per heavy atom. The van der Waals surface area contributed by atoms with Gasteiger partial charge in [0.25, 0.3) is 10.1 Å². The van der Waals surface area contributed by atoms with Gasteiger partial charge in [0, 0.05) is 6.42 Å². The normalized spacial score (nSPS) is 11.8. The molecule has 0 bridgehead atoms. The molecule has 0 aliphatic rings. The number of nitrogens with zero attached hydrogens (tertiary/aromatic N) is 1. The van der Waals surface area contributed by atoms with Crippen molar-refractivity contribution in [2.45, 2.75) is 25.2 Å². The van der Waals surface area contributed by atoms with E-state index in [0.29, 0.717) is 0 Å². The fourth-order valence-electron chi connectivity index (χ4n) is 1.45. The molecule has 0 aliphatic heterocycles. The summed E-state index contributed by atoms with van der Waals surface area (Å²) in [6.45, 7) is 2.70. The number of carbonyl (C=O) groups is 1. The molecule has 98 valence electrons. The van der Waals surface area contributed by atoms with E-state index in [2.05, 4.69) is 4.99 Å². The van der Waals surface area contributed by atoms with Crippen LogP contribution in [-0.4, -0.2) is 24.7 Å². The maximum atomic E-state index is 11.3. The first-order chi connectivity index (χ1) is 8.21. The molecule has 8 heteroatoms. The van der Waals surface area contributed by atoms with E-state index < -0.39 is 27.3 Å². The average molecular weight is 293 g/mol. The summed E-state index contributed by atoms with van der Waals surface area (Å²) < 4.78 is 31.5. The van der Waals surface area contributed by atoms with E-state index in [0.717, 1.165) is 0 Å². The minimum absolute atomic E-state index is 0. The van der Waals surface area contributed by atoms with Crippen molar-refractivity contribution < 1.29 is 52.4 Å². The van der Waals surface area contributed by atoms with Gasteiger partial charge in [-0.3, -0.25) is 14.3 Å². The van der Waals surface area contributed by atoms with Gasteiger partial charge in [-0.1, -0.05) is 12.1 Å². The first-order valence-corrected chi connectivity index (χ1v) is 6.47. The molecule has 1 rings (SSSR count). The Kier molecular flexibility index (Phi) is 6.88. The van der Waals surface area contributed by atoms with Crippen molar-refractivity contribution in [3.8, 4) is 0 Å². The molecule has 0 aromatic heterocycles. The summed E-state index contributed by atoms with van der Waals surface area (Å²) >= 11 is 0. The summed E-state index contributed by atoms with van der Waals surface area (Å²) in [5.41, 5.74) is 0.109. The van der Waals surface area contributed by atoms with Crippen LogP contribution in [0.3, 0.4) is 0 Å². The Morgan fingerprint density at radius 1 is 1.42 bits per heavy atom. The molecule has 0 fully saturated rings. The number of Topliss-reactive ketones (excluding diaryl/α,β-unsaturated/α-hetero) is 1. The van der Waals surface area contributed by atoms with Crippen molar-refractivity contribution >= 4 is 27.5 Å². The first-order valence-electron chi connectivity index (χ1n) is 5.03. The van der Waals surface area contributed by atoms with Gasteiger partial charge >= 0.3 is 29.6 Å². The molecule has 0 heterocycles. The van der Waals surface area contributed by atoms with Gasteiger partial charge in [-0.15, -0.1) is 0 Å². The van der Waals surface area contributed by atoms with Crippen molar-refractivity contribution in [3.05, 3.63) is 23.8 Å². The second-order valence-electron chi connectivity index (χ2n) is 3.78. The van der Waals surface area contributed by atoms with Crippen LogP contribution in [0, 0.1) is 6.92 Å². The standard InChI is InChI=1S/C11H13NO5S.Na/c1-7-4-3-5-9(11(7)18(15,16)17)12-10(14)6-8(2)13;/h3-5H,6H2,1-2H3,(H,12,14)(H,15,16,17);/q;+1/p-1. The van der Waals surface area contributed by atoms with Gasteiger partial charge in [-0.25, -0.2) is 0 Å². The van der Waals surface area contributed by atoms with Crippen LogP contribution >= 0.6 is 0 Å². The fourth-order valence-corrected chi connectivity index (χ4v) is 2.30. The molecular formula is C11H12NNaO5S. The van der Waals surface area contributed by atoms with Crippen LogP contribution in [0.4, 0.5) is 5.69 Å². The number of rotatable bonds is 4. The maximum Gasteiger partial charge on any atom is 1.00 e. The van der Waals surface area contributed by atoms with Crippen molar-refractivity contribution in [2.75, 3.05) is 0 Å². The Hall–Kier alpha value is -0.730. The molecule has 0 saturated carbocycles. The second-order valence-corrected chi connectivity index (χ2v) is 5.14. The molecule has 0 radical (unpaired) electrons. The molecular weight excluding hydrogens is 281 g/mol. The van der Waals surface area contributed by atoms with Crippen molar-refractivity contribution in [2.24, 2.45) is 4.99 Å². The van der Waals surface area contributed by atoms with Crippen LogP contribution in [0.25, 0.3) is 0 Å². The zero-order valence-electron chi connectivity index (χ0n) is 10.9. The smallest absolute Gasteiger partial charge is 0.861 e. The Balaban J connectivity index is 0.00000324. The third-order valence-corrected chi connectivity index (χ3v) is 3.14. The molecule has 1 aromatic rings. The van der Waals surface area contributed by atoms with Gasteiger partial charge in [-0.2, -0.15) is 8.42 Å². The van der Waals surface area contributed by atoms with Crippen molar-refractivity contribution in [1.29, 1.82) is 0 Å². The quantitative estimate of drug-likeness (QED) is 0.289. The topological polar surface area (TPSA) is 107 Å². The Morgan fingerprint density at radius 2 is 2.00 bits per heavy atom. The first kappa shape index (κ1) is 18.3. The van der Waals surface area contributed by atoms with Gasteiger partial charge in [0.15, 0.2) is 0 Å². The van der Waals surface area contributed by atoms with Gasteiger partial charge in [-0.05, 0) is 31.4 Å². The van der Waals surface area contributed by atoms with E-state index in [1.807, 2.05) is 0 Å². The average Bonchev–Trinajstić information content (AvgIpc) is 2.13. The summed E-state index contributed by atoms with van der Waals surface area (Å²) in [6, 6.07) is 4.26. The monoisotopic (exact) mass is 293 g/mol.